The van der Waals surface area contributed by atoms with Gasteiger partial charge in [-0.15, -0.1) is 24.0 Å². The van der Waals surface area contributed by atoms with Crippen molar-refractivity contribution in [1.82, 2.24) is 20.4 Å². The van der Waals surface area contributed by atoms with Crippen molar-refractivity contribution in [3.63, 3.8) is 0 Å². The summed E-state index contributed by atoms with van der Waals surface area (Å²) >= 11 is 0. The molecule has 2 aromatic rings. The summed E-state index contributed by atoms with van der Waals surface area (Å²) in [6.07, 6.45) is 1.96. The highest BCUT2D eigenvalue weighted by Gasteiger charge is 2.13. The van der Waals surface area contributed by atoms with Crippen molar-refractivity contribution in [2.75, 3.05) is 33.4 Å². The first-order valence-electron chi connectivity index (χ1n) is 10.4. The zero-order chi connectivity index (χ0) is 20.6. The molecule has 166 valence electrons. The van der Waals surface area contributed by atoms with Crippen LogP contribution in [-0.4, -0.2) is 49.2 Å². The topological polar surface area (TPSA) is 72.7 Å². The summed E-state index contributed by atoms with van der Waals surface area (Å²) in [4.78, 5) is 4.78. The third kappa shape index (κ3) is 6.34. The molecule has 0 fully saturated rings. The van der Waals surface area contributed by atoms with Crippen molar-refractivity contribution >= 4 is 29.9 Å². The summed E-state index contributed by atoms with van der Waals surface area (Å²) < 4.78 is 12.8. The van der Waals surface area contributed by atoms with Crippen molar-refractivity contribution in [3.05, 3.63) is 46.3 Å². The fraction of sp³-hybridized carbons (Fsp3) is 0.545. The minimum absolute atomic E-state index is 0. The van der Waals surface area contributed by atoms with E-state index in [1.807, 2.05) is 11.6 Å². The van der Waals surface area contributed by atoms with Crippen LogP contribution in [0.15, 0.2) is 23.2 Å². The molecule has 2 N–H and O–H groups in total. The number of nitrogens with one attached hydrogen (secondary N) is 2. The number of benzene rings is 1. The maximum Gasteiger partial charge on any atom is 0.191 e. The van der Waals surface area contributed by atoms with Crippen LogP contribution in [-0.2, 0) is 30.7 Å². The Kier molecular flexibility index (Phi) is 9.90. The van der Waals surface area contributed by atoms with Crippen LogP contribution in [0.5, 0.6) is 5.75 Å². The van der Waals surface area contributed by atoms with E-state index in [-0.39, 0.29) is 24.0 Å². The number of hydrogen-bond acceptors (Lipinski definition) is 4. The van der Waals surface area contributed by atoms with Gasteiger partial charge >= 0.3 is 0 Å². The van der Waals surface area contributed by atoms with Crippen LogP contribution in [0.1, 0.15) is 35.0 Å². The molecule has 2 heterocycles. The minimum Gasteiger partial charge on any atom is -0.493 e. The Morgan fingerprint density at radius 2 is 2.13 bits per heavy atom. The molecule has 3 rings (SSSR count). The largest absolute Gasteiger partial charge is 0.493 e. The second kappa shape index (κ2) is 12.1. The highest BCUT2D eigenvalue weighted by molar-refractivity contribution is 14.0. The van der Waals surface area contributed by atoms with E-state index in [4.69, 9.17) is 14.5 Å². The number of nitrogens with zero attached hydrogens (tertiary/aromatic N) is 3. The van der Waals surface area contributed by atoms with Crippen molar-refractivity contribution in [2.24, 2.45) is 4.99 Å². The zero-order valence-electron chi connectivity index (χ0n) is 18.5. The smallest absolute Gasteiger partial charge is 0.191 e. The van der Waals surface area contributed by atoms with E-state index in [1.54, 1.807) is 7.11 Å². The van der Waals surface area contributed by atoms with Crippen LogP contribution in [0.3, 0.4) is 0 Å². The summed E-state index contributed by atoms with van der Waals surface area (Å²) in [6, 6.07) is 6.50. The summed E-state index contributed by atoms with van der Waals surface area (Å²) in [5.74, 6) is 1.87. The molecule has 8 heteroatoms. The first-order valence-corrected chi connectivity index (χ1v) is 10.4. The molecule has 1 aliphatic rings. The van der Waals surface area contributed by atoms with Gasteiger partial charge < -0.3 is 20.1 Å². The van der Waals surface area contributed by atoms with Crippen LogP contribution in [0.25, 0.3) is 0 Å². The van der Waals surface area contributed by atoms with Gasteiger partial charge in [-0.25, -0.2) is 4.99 Å². The Morgan fingerprint density at radius 1 is 1.30 bits per heavy atom. The molecule has 0 aliphatic carbocycles. The van der Waals surface area contributed by atoms with Gasteiger partial charge in [-0.1, -0.05) is 12.1 Å². The average Bonchev–Trinajstić information content (AvgIpc) is 3.28. The van der Waals surface area contributed by atoms with Crippen LogP contribution in [0.4, 0.5) is 0 Å². The number of fused-ring (bicyclic) bond motifs is 1. The zero-order valence-corrected chi connectivity index (χ0v) is 20.8. The third-order valence-electron chi connectivity index (χ3n) is 5.24. The van der Waals surface area contributed by atoms with Crippen molar-refractivity contribution in [1.29, 1.82) is 0 Å². The van der Waals surface area contributed by atoms with Gasteiger partial charge in [0.1, 0.15) is 5.75 Å². The van der Waals surface area contributed by atoms with Gasteiger partial charge in [0.15, 0.2) is 5.96 Å². The van der Waals surface area contributed by atoms with Gasteiger partial charge in [-0.05, 0) is 44.4 Å². The number of aryl methyl sites for hydroxylation is 1. The Labute approximate surface area is 196 Å². The highest BCUT2D eigenvalue weighted by Crippen LogP contribution is 2.25. The lowest BCUT2D eigenvalue weighted by molar-refractivity contribution is 0.182. The molecule has 0 unspecified atom stereocenters. The van der Waals surface area contributed by atoms with Gasteiger partial charge in [0.2, 0.25) is 0 Å². The fourth-order valence-electron chi connectivity index (χ4n) is 3.58. The standard InChI is InChI=1S/C22H33N5O2.HI/c1-5-23-22(24-10-8-18-6-7-21-19(14-18)9-12-29-21)25-15-20-16(2)26-27(17(20)3)11-13-28-4;/h6-7,14H,5,8-13,15H2,1-4H3,(H2,23,24,25);1H. The van der Waals surface area contributed by atoms with Crippen molar-refractivity contribution < 1.29 is 9.47 Å². The minimum atomic E-state index is 0. The maximum absolute atomic E-state index is 5.59. The number of aromatic nitrogens is 2. The molecule has 1 aromatic carbocycles. The van der Waals surface area contributed by atoms with E-state index in [0.717, 1.165) is 62.2 Å². The summed E-state index contributed by atoms with van der Waals surface area (Å²) in [5, 5.41) is 11.4. The number of methoxy groups -OCH3 is 1. The van der Waals surface area contributed by atoms with Crippen molar-refractivity contribution in [3.8, 4) is 5.75 Å². The molecule has 0 saturated heterocycles. The molecule has 0 radical (unpaired) electrons. The Bertz CT molecular complexity index is 850. The van der Waals surface area contributed by atoms with E-state index in [0.29, 0.717) is 13.2 Å². The summed E-state index contributed by atoms with van der Waals surface area (Å²) in [7, 11) is 1.71. The fourth-order valence-corrected chi connectivity index (χ4v) is 3.58. The Morgan fingerprint density at radius 3 is 2.90 bits per heavy atom. The predicted molar refractivity (Wildman–Crippen MR) is 131 cm³/mol. The summed E-state index contributed by atoms with van der Waals surface area (Å²) in [5.41, 5.74) is 6.00. The number of guanidine groups is 1. The monoisotopic (exact) mass is 527 g/mol. The molecule has 7 nitrogen and oxygen atoms in total. The third-order valence-corrected chi connectivity index (χ3v) is 5.24. The van der Waals surface area contributed by atoms with E-state index >= 15 is 0 Å². The van der Waals surface area contributed by atoms with E-state index in [2.05, 4.69) is 47.8 Å². The molecule has 0 amide bonds. The lowest BCUT2D eigenvalue weighted by Gasteiger charge is -2.12. The van der Waals surface area contributed by atoms with E-state index in [1.165, 1.54) is 16.7 Å². The first kappa shape index (κ1) is 24.5. The molecule has 0 spiro atoms. The molecule has 0 bridgehead atoms. The van der Waals surface area contributed by atoms with Gasteiger partial charge in [-0.3, -0.25) is 4.68 Å². The predicted octanol–water partition coefficient (Wildman–Crippen LogP) is 3.00. The van der Waals surface area contributed by atoms with Gasteiger partial charge in [0, 0.05) is 37.9 Å². The average molecular weight is 527 g/mol. The molecule has 30 heavy (non-hydrogen) atoms. The van der Waals surface area contributed by atoms with E-state index in [9.17, 15) is 0 Å². The SMILES string of the molecule is CCNC(=NCc1c(C)nn(CCOC)c1C)NCCc1ccc2c(c1)CCO2.I. The summed E-state index contributed by atoms with van der Waals surface area (Å²) in [6.45, 7) is 10.7. The second-order valence-electron chi connectivity index (χ2n) is 7.28. The normalized spacial score (nSPS) is 12.9. The van der Waals surface area contributed by atoms with Gasteiger partial charge in [0.25, 0.3) is 0 Å². The molecular formula is C22H34IN5O2. The van der Waals surface area contributed by atoms with Crippen molar-refractivity contribution in [2.45, 2.75) is 46.7 Å². The Balaban J connectivity index is 0.00000320. The van der Waals surface area contributed by atoms with Crippen LogP contribution in [0, 0.1) is 13.8 Å². The van der Waals surface area contributed by atoms with Crippen LogP contribution in [0.2, 0.25) is 0 Å². The quantitative estimate of drug-likeness (QED) is 0.298. The maximum atomic E-state index is 5.59. The molecule has 1 aromatic heterocycles. The lowest BCUT2D eigenvalue weighted by Crippen LogP contribution is -2.38. The number of rotatable bonds is 9. The molecule has 1 aliphatic heterocycles. The molecular weight excluding hydrogens is 493 g/mol. The second-order valence-corrected chi connectivity index (χ2v) is 7.28. The molecule has 0 saturated carbocycles. The highest BCUT2D eigenvalue weighted by atomic mass is 127. The number of halogens is 1. The van der Waals surface area contributed by atoms with Gasteiger partial charge in [-0.2, -0.15) is 5.10 Å². The lowest BCUT2D eigenvalue weighted by atomic mass is 10.1. The van der Waals surface area contributed by atoms with Crippen LogP contribution < -0.4 is 15.4 Å². The van der Waals surface area contributed by atoms with E-state index < -0.39 is 0 Å². The van der Waals surface area contributed by atoms with Gasteiger partial charge in [0.05, 0.1) is 32.0 Å². The first-order chi connectivity index (χ1) is 14.1. The number of ether oxygens (including phenoxy) is 2. The number of aliphatic imine (C=N–C) groups is 1. The van der Waals surface area contributed by atoms with Crippen LogP contribution >= 0.6 is 24.0 Å². The number of hydrogen-bond donors (Lipinski definition) is 2. The Hall–Kier alpha value is -1.81. The molecule has 0 atom stereocenters.